The molecule has 6 heteroatoms. The Bertz CT molecular complexity index is 706. The molecule has 3 rings (SSSR count). The van der Waals surface area contributed by atoms with Crippen molar-refractivity contribution in [1.29, 1.82) is 0 Å². The van der Waals surface area contributed by atoms with E-state index in [0.717, 1.165) is 11.3 Å². The van der Waals surface area contributed by atoms with Crippen LogP contribution in [0.3, 0.4) is 0 Å². The van der Waals surface area contributed by atoms with Crippen molar-refractivity contribution in [2.75, 3.05) is 12.1 Å². The molecular weight excluding hydrogens is 291 g/mol. The van der Waals surface area contributed by atoms with Crippen molar-refractivity contribution in [3.8, 4) is 11.5 Å². The van der Waals surface area contributed by atoms with E-state index in [9.17, 15) is 4.39 Å². The molecule has 108 valence electrons. The van der Waals surface area contributed by atoms with Gasteiger partial charge in [-0.15, -0.1) is 0 Å². The molecule has 0 saturated heterocycles. The van der Waals surface area contributed by atoms with Crippen molar-refractivity contribution in [3.05, 3.63) is 53.3 Å². The number of hydrogen-bond acceptors (Lipinski definition) is 4. The first-order valence-electron chi connectivity index (χ1n) is 6.35. The molecule has 0 bridgehead atoms. The number of thiocarbonyl (C=S) groups is 1. The first kappa shape index (κ1) is 13.6. The van der Waals surface area contributed by atoms with E-state index in [1.807, 2.05) is 18.2 Å². The Kier molecular flexibility index (Phi) is 3.62. The lowest BCUT2D eigenvalue weighted by molar-refractivity contribution is 0.174. The summed E-state index contributed by atoms with van der Waals surface area (Å²) in [4.78, 5) is 0.177. The topological polar surface area (TPSA) is 56.5 Å². The van der Waals surface area contributed by atoms with Gasteiger partial charge in [0.15, 0.2) is 11.5 Å². The van der Waals surface area contributed by atoms with Crippen LogP contribution in [0, 0.1) is 5.82 Å². The van der Waals surface area contributed by atoms with Gasteiger partial charge in [0, 0.05) is 12.1 Å². The summed E-state index contributed by atoms with van der Waals surface area (Å²) in [5.41, 5.74) is 7.34. The van der Waals surface area contributed by atoms with E-state index in [4.69, 9.17) is 27.4 Å². The van der Waals surface area contributed by atoms with Gasteiger partial charge in [0.1, 0.15) is 10.8 Å². The second-order valence-electron chi connectivity index (χ2n) is 4.60. The first-order chi connectivity index (χ1) is 10.1. The fourth-order valence-electron chi connectivity index (χ4n) is 2.06. The maximum atomic E-state index is 13.9. The molecule has 2 aromatic carbocycles. The Morgan fingerprint density at radius 1 is 1.19 bits per heavy atom. The molecule has 0 fully saturated rings. The van der Waals surface area contributed by atoms with Crippen molar-refractivity contribution in [2.45, 2.75) is 6.54 Å². The molecule has 4 nitrogen and oxygen atoms in total. The minimum Gasteiger partial charge on any atom is -0.454 e. The second kappa shape index (κ2) is 5.57. The molecule has 0 amide bonds. The zero-order chi connectivity index (χ0) is 14.8. The van der Waals surface area contributed by atoms with Gasteiger partial charge in [0.05, 0.1) is 5.69 Å². The Labute approximate surface area is 126 Å². The number of nitrogens with two attached hydrogens (primary N) is 1. The van der Waals surface area contributed by atoms with Gasteiger partial charge in [-0.25, -0.2) is 4.39 Å². The molecule has 0 spiro atoms. The number of nitrogens with one attached hydrogen (secondary N) is 1. The number of hydrogen-bond donors (Lipinski definition) is 2. The average molecular weight is 304 g/mol. The van der Waals surface area contributed by atoms with Crippen molar-refractivity contribution in [2.24, 2.45) is 5.73 Å². The Morgan fingerprint density at radius 3 is 2.76 bits per heavy atom. The SMILES string of the molecule is NC(=S)c1ccc(NCc2ccc3c(c2)OCO3)c(F)c1. The summed E-state index contributed by atoms with van der Waals surface area (Å²) in [7, 11) is 0. The molecule has 0 radical (unpaired) electrons. The van der Waals surface area contributed by atoms with E-state index in [0.29, 0.717) is 23.5 Å². The van der Waals surface area contributed by atoms with E-state index in [1.165, 1.54) is 6.07 Å². The zero-order valence-electron chi connectivity index (χ0n) is 11.1. The fraction of sp³-hybridized carbons (Fsp3) is 0.133. The standard InChI is InChI=1S/C15H13FN2O2S/c16-11-6-10(15(17)21)2-3-12(11)18-7-9-1-4-13-14(5-9)20-8-19-13/h1-6,18H,7-8H2,(H2,17,21). The normalized spacial score (nSPS) is 12.2. The highest BCUT2D eigenvalue weighted by molar-refractivity contribution is 7.80. The monoisotopic (exact) mass is 304 g/mol. The summed E-state index contributed by atoms with van der Waals surface area (Å²) in [6.45, 7) is 0.710. The Balaban J connectivity index is 1.71. The molecule has 3 N–H and O–H groups in total. The van der Waals surface area contributed by atoms with Crippen LogP contribution in [-0.4, -0.2) is 11.8 Å². The van der Waals surface area contributed by atoms with Crippen LogP contribution in [-0.2, 0) is 6.54 Å². The van der Waals surface area contributed by atoms with Crippen molar-refractivity contribution < 1.29 is 13.9 Å². The van der Waals surface area contributed by atoms with E-state index >= 15 is 0 Å². The Morgan fingerprint density at radius 2 is 2.00 bits per heavy atom. The molecule has 1 aliphatic rings. The summed E-state index contributed by atoms with van der Waals surface area (Å²) < 4.78 is 24.5. The van der Waals surface area contributed by atoms with Crippen LogP contribution in [0.15, 0.2) is 36.4 Å². The lowest BCUT2D eigenvalue weighted by Crippen LogP contribution is -2.10. The maximum absolute atomic E-state index is 13.9. The number of rotatable bonds is 4. The predicted molar refractivity (Wildman–Crippen MR) is 82.2 cm³/mol. The van der Waals surface area contributed by atoms with Crippen LogP contribution >= 0.6 is 12.2 Å². The predicted octanol–water partition coefficient (Wildman–Crippen LogP) is 2.80. The number of anilines is 1. The van der Waals surface area contributed by atoms with Crippen LogP contribution in [0.25, 0.3) is 0 Å². The van der Waals surface area contributed by atoms with Crippen LogP contribution in [0.1, 0.15) is 11.1 Å². The summed E-state index contributed by atoms with van der Waals surface area (Å²) in [5, 5.41) is 3.03. The van der Waals surface area contributed by atoms with Gasteiger partial charge in [-0.05, 0) is 35.9 Å². The molecule has 21 heavy (non-hydrogen) atoms. The molecule has 2 aromatic rings. The average Bonchev–Trinajstić information content (AvgIpc) is 2.93. The molecule has 1 heterocycles. The fourth-order valence-corrected chi connectivity index (χ4v) is 2.19. The molecule has 0 atom stereocenters. The van der Waals surface area contributed by atoms with Gasteiger partial charge in [0.2, 0.25) is 6.79 Å². The van der Waals surface area contributed by atoms with Crippen LogP contribution in [0.4, 0.5) is 10.1 Å². The Hall–Kier alpha value is -2.34. The third-order valence-corrected chi connectivity index (χ3v) is 3.41. The molecule has 0 saturated carbocycles. The van der Waals surface area contributed by atoms with E-state index in [2.05, 4.69) is 5.32 Å². The lowest BCUT2D eigenvalue weighted by Gasteiger charge is -2.09. The van der Waals surface area contributed by atoms with Crippen molar-refractivity contribution in [1.82, 2.24) is 0 Å². The smallest absolute Gasteiger partial charge is 0.231 e. The van der Waals surface area contributed by atoms with E-state index in [1.54, 1.807) is 12.1 Å². The van der Waals surface area contributed by atoms with Gasteiger partial charge < -0.3 is 20.5 Å². The lowest BCUT2D eigenvalue weighted by atomic mass is 10.1. The molecule has 0 aromatic heterocycles. The van der Waals surface area contributed by atoms with Crippen molar-refractivity contribution >= 4 is 22.9 Å². The first-order valence-corrected chi connectivity index (χ1v) is 6.76. The highest BCUT2D eigenvalue weighted by Crippen LogP contribution is 2.32. The van der Waals surface area contributed by atoms with Gasteiger partial charge in [-0.2, -0.15) is 0 Å². The number of fused-ring (bicyclic) bond motifs is 1. The minimum atomic E-state index is -0.388. The maximum Gasteiger partial charge on any atom is 0.231 e. The largest absolute Gasteiger partial charge is 0.454 e. The third kappa shape index (κ3) is 2.90. The number of ether oxygens (including phenoxy) is 2. The summed E-state index contributed by atoms with van der Waals surface area (Å²) in [6, 6.07) is 10.2. The second-order valence-corrected chi connectivity index (χ2v) is 5.04. The van der Waals surface area contributed by atoms with Gasteiger partial charge in [-0.3, -0.25) is 0 Å². The van der Waals surface area contributed by atoms with E-state index in [-0.39, 0.29) is 17.6 Å². The van der Waals surface area contributed by atoms with Gasteiger partial charge in [0.25, 0.3) is 0 Å². The molecule has 0 aliphatic carbocycles. The number of halogens is 1. The van der Waals surface area contributed by atoms with Crippen molar-refractivity contribution in [3.63, 3.8) is 0 Å². The summed E-state index contributed by atoms with van der Waals surface area (Å²) in [5.74, 6) is 1.05. The van der Waals surface area contributed by atoms with Crippen LogP contribution in [0.2, 0.25) is 0 Å². The quantitative estimate of drug-likeness (QED) is 0.851. The number of benzene rings is 2. The molecule has 0 unspecified atom stereocenters. The molecule has 1 aliphatic heterocycles. The highest BCUT2D eigenvalue weighted by atomic mass is 32.1. The highest BCUT2D eigenvalue weighted by Gasteiger charge is 2.13. The van der Waals surface area contributed by atoms with E-state index < -0.39 is 0 Å². The van der Waals surface area contributed by atoms with Crippen LogP contribution < -0.4 is 20.5 Å². The third-order valence-electron chi connectivity index (χ3n) is 3.17. The summed E-state index contributed by atoms with van der Waals surface area (Å²) >= 11 is 4.82. The molecular formula is C15H13FN2O2S. The minimum absolute atomic E-state index is 0.177. The van der Waals surface area contributed by atoms with Gasteiger partial charge >= 0.3 is 0 Å². The summed E-state index contributed by atoms with van der Waals surface area (Å²) in [6.07, 6.45) is 0. The zero-order valence-corrected chi connectivity index (χ0v) is 11.9. The van der Waals surface area contributed by atoms with Crippen LogP contribution in [0.5, 0.6) is 11.5 Å². The van der Waals surface area contributed by atoms with Gasteiger partial charge in [-0.1, -0.05) is 18.3 Å².